The molecule has 0 saturated carbocycles. The first kappa shape index (κ1) is 10.8. The molecular formula is C7H7ClN2O4S. The molecule has 6 nitrogen and oxygen atoms in total. The number of hydrogen-bond acceptors (Lipinski definition) is 6. The van der Waals surface area contributed by atoms with Gasteiger partial charge < -0.3 is 0 Å². The fraction of sp³-hybridized carbons (Fsp3) is 0.143. The van der Waals surface area contributed by atoms with Crippen LogP contribution < -0.4 is 5.59 Å². The molecule has 0 unspecified atom stereocenters. The molecule has 15 heavy (non-hydrogen) atoms. The molecule has 0 atom stereocenters. The summed E-state index contributed by atoms with van der Waals surface area (Å²) >= 11 is 5.76. The van der Waals surface area contributed by atoms with Gasteiger partial charge in [0.15, 0.2) is 0 Å². The monoisotopic (exact) mass is 250 g/mol. The van der Waals surface area contributed by atoms with Crippen molar-refractivity contribution in [2.75, 3.05) is 0 Å². The molecule has 1 fully saturated rings. The second-order valence-corrected chi connectivity index (χ2v) is 4.39. The molecule has 0 aliphatic carbocycles. The summed E-state index contributed by atoms with van der Waals surface area (Å²) in [5.41, 5.74) is 2.88. The molecule has 1 aliphatic heterocycles. The second-order valence-electron chi connectivity index (χ2n) is 2.82. The maximum Gasteiger partial charge on any atom is 0.435 e. The predicted octanol–water partition coefficient (Wildman–Crippen LogP) is 0.768. The summed E-state index contributed by atoms with van der Waals surface area (Å²) < 4.78 is 30.0. The van der Waals surface area contributed by atoms with Crippen molar-refractivity contribution in [3.05, 3.63) is 34.9 Å². The minimum atomic E-state index is -3.94. The zero-order valence-corrected chi connectivity index (χ0v) is 8.96. The van der Waals surface area contributed by atoms with Crippen LogP contribution in [0.15, 0.2) is 24.3 Å². The lowest BCUT2D eigenvalue weighted by Crippen LogP contribution is -2.28. The van der Waals surface area contributed by atoms with Gasteiger partial charge in [-0.1, -0.05) is 34.5 Å². The highest BCUT2D eigenvalue weighted by atomic mass is 35.5. The van der Waals surface area contributed by atoms with Crippen molar-refractivity contribution >= 4 is 22.0 Å². The first-order valence-electron chi connectivity index (χ1n) is 3.96. The Balaban J connectivity index is 2.05. The van der Waals surface area contributed by atoms with Gasteiger partial charge in [0.25, 0.3) is 0 Å². The molecular weight excluding hydrogens is 244 g/mol. The zero-order chi connectivity index (χ0) is 10.9. The van der Waals surface area contributed by atoms with E-state index < -0.39 is 10.4 Å². The van der Waals surface area contributed by atoms with E-state index in [0.29, 0.717) is 5.02 Å². The minimum absolute atomic E-state index is 0.194. The highest BCUT2D eigenvalue weighted by Gasteiger charge is 2.28. The van der Waals surface area contributed by atoms with E-state index in [1.165, 1.54) is 0 Å². The Morgan fingerprint density at radius 1 is 1.47 bits per heavy atom. The quantitative estimate of drug-likeness (QED) is 0.836. The number of halogens is 1. The van der Waals surface area contributed by atoms with E-state index in [-0.39, 0.29) is 6.54 Å². The lowest BCUT2D eigenvalue weighted by Gasteiger charge is -2.08. The third-order valence-electron chi connectivity index (χ3n) is 1.64. The van der Waals surface area contributed by atoms with Crippen LogP contribution in [-0.2, 0) is 25.5 Å². The van der Waals surface area contributed by atoms with Crippen LogP contribution in [-0.4, -0.2) is 13.6 Å². The Kier molecular flexibility index (Phi) is 2.91. The number of nitrogens with zero attached hydrogens (tertiary/aromatic N) is 1. The smallest absolute Gasteiger partial charge is 0.166 e. The molecule has 1 aliphatic rings. The van der Waals surface area contributed by atoms with E-state index in [1.807, 2.05) is 0 Å². The highest BCUT2D eigenvalue weighted by Crippen LogP contribution is 2.15. The molecule has 0 aromatic heterocycles. The molecule has 1 saturated heterocycles. The zero-order valence-electron chi connectivity index (χ0n) is 7.38. The molecule has 0 radical (unpaired) electrons. The largest absolute Gasteiger partial charge is 0.435 e. The van der Waals surface area contributed by atoms with Gasteiger partial charge in [0.1, 0.15) is 0 Å². The Morgan fingerprint density at radius 2 is 2.27 bits per heavy atom. The Hall–Kier alpha value is -0.700. The molecule has 1 heterocycles. The number of hydrogen-bond donors (Lipinski definition) is 1. The standard InChI is InChI=1S/C7H7ClN2O4S/c8-7-3-1-2-6(4-7)5-10-9-13-15(11,12)14-10/h1-4,9H,5H2. The van der Waals surface area contributed by atoms with Gasteiger partial charge in [-0.25, -0.2) is 0 Å². The molecule has 8 heteroatoms. The third-order valence-corrected chi connectivity index (χ3v) is 2.51. The van der Waals surface area contributed by atoms with E-state index in [0.717, 1.165) is 10.7 Å². The van der Waals surface area contributed by atoms with Crippen LogP contribution in [0.25, 0.3) is 0 Å². The van der Waals surface area contributed by atoms with Crippen LogP contribution >= 0.6 is 11.6 Å². The molecule has 0 bridgehead atoms. The topological polar surface area (TPSA) is 67.9 Å². The van der Waals surface area contributed by atoms with Gasteiger partial charge in [0, 0.05) is 5.02 Å². The Labute approximate surface area is 91.6 Å². The van der Waals surface area contributed by atoms with E-state index in [1.54, 1.807) is 24.3 Å². The first-order chi connectivity index (χ1) is 7.05. The van der Waals surface area contributed by atoms with Crippen molar-refractivity contribution in [1.82, 2.24) is 10.8 Å². The van der Waals surface area contributed by atoms with Gasteiger partial charge in [0.05, 0.1) is 6.54 Å². The number of hydrazine groups is 1. The van der Waals surface area contributed by atoms with Gasteiger partial charge in [-0.3, -0.25) is 0 Å². The molecule has 0 amide bonds. The van der Waals surface area contributed by atoms with Gasteiger partial charge in [-0.15, -0.1) is 8.57 Å². The summed E-state index contributed by atoms with van der Waals surface area (Å²) in [5.74, 6) is 0. The maximum atomic E-state index is 10.7. The van der Waals surface area contributed by atoms with E-state index in [9.17, 15) is 8.42 Å². The second kappa shape index (κ2) is 4.05. The van der Waals surface area contributed by atoms with Crippen molar-refractivity contribution in [3.8, 4) is 0 Å². The number of rotatable bonds is 2. The maximum absolute atomic E-state index is 10.7. The summed E-state index contributed by atoms with van der Waals surface area (Å²) in [6.45, 7) is 0.194. The average Bonchev–Trinajstić information content (AvgIpc) is 2.45. The van der Waals surface area contributed by atoms with Crippen molar-refractivity contribution < 1.29 is 17.0 Å². The first-order valence-corrected chi connectivity index (χ1v) is 5.67. The van der Waals surface area contributed by atoms with Gasteiger partial charge in [0.2, 0.25) is 0 Å². The van der Waals surface area contributed by atoms with Crippen molar-refractivity contribution in [2.45, 2.75) is 6.54 Å². The molecule has 1 aromatic rings. The van der Waals surface area contributed by atoms with Crippen LogP contribution in [0.2, 0.25) is 5.02 Å². The normalized spacial score (nSPS) is 20.6. The van der Waals surface area contributed by atoms with Crippen LogP contribution in [0.3, 0.4) is 0 Å². The summed E-state index contributed by atoms with van der Waals surface area (Å²) in [4.78, 5) is 0. The fourth-order valence-corrected chi connectivity index (χ4v) is 1.81. The highest BCUT2D eigenvalue weighted by molar-refractivity contribution is 7.81. The lowest BCUT2D eigenvalue weighted by molar-refractivity contribution is -0.121. The number of nitrogens with one attached hydrogen (secondary N) is 1. The van der Waals surface area contributed by atoms with Crippen LogP contribution in [0.4, 0.5) is 0 Å². The molecule has 82 valence electrons. The lowest BCUT2D eigenvalue weighted by atomic mass is 10.2. The molecule has 2 rings (SSSR count). The third kappa shape index (κ3) is 2.88. The van der Waals surface area contributed by atoms with Crippen LogP contribution in [0.5, 0.6) is 0 Å². The van der Waals surface area contributed by atoms with Crippen LogP contribution in [0, 0.1) is 0 Å². The SMILES string of the molecule is O=S1(=O)ONN(Cc2cccc(Cl)c2)O1. The van der Waals surface area contributed by atoms with Gasteiger partial charge in [-0.05, 0) is 17.7 Å². The minimum Gasteiger partial charge on any atom is -0.166 e. The summed E-state index contributed by atoms with van der Waals surface area (Å²) in [6, 6.07) is 6.94. The number of benzene rings is 1. The predicted molar refractivity (Wildman–Crippen MR) is 51.2 cm³/mol. The summed E-state index contributed by atoms with van der Waals surface area (Å²) in [6.07, 6.45) is 0. The molecule has 1 aromatic carbocycles. The molecule has 1 N–H and O–H groups in total. The fourth-order valence-electron chi connectivity index (χ4n) is 1.09. The summed E-state index contributed by atoms with van der Waals surface area (Å²) in [5, 5.41) is 1.51. The van der Waals surface area contributed by atoms with Crippen molar-refractivity contribution in [3.63, 3.8) is 0 Å². The number of hydroxylamine groups is 1. The Morgan fingerprint density at radius 3 is 2.87 bits per heavy atom. The van der Waals surface area contributed by atoms with E-state index >= 15 is 0 Å². The Bertz CT molecular complexity index is 464. The van der Waals surface area contributed by atoms with E-state index in [4.69, 9.17) is 11.6 Å². The van der Waals surface area contributed by atoms with E-state index in [2.05, 4.69) is 14.2 Å². The van der Waals surface area contributed by atoms with Crippen molar-refractivity contribution in [1.29, 1.82) is 0 Å². The molecule has 0 spiro atoms. The van der Waals surface area contributed by atoms with Gasteiger partial charge in [-0.2, -0.15) is 8.42 Å². The summed E-state index contributed by atoms with van der Waals surface area (Å²) in [7, 11) is -3.94. The van der Waals surface area contributed by atoms with Gasteiger partial charge >= 0.3 is 10.4 Å². The van der Waals surface area contributed by atoms with Crippen LogP contribution in [0.1, 0.15) is 5.56 Å². The van der Waals surface area contributed by atoms with Crippen molar-refractivity contribution in [2.24, 2.45) is 0 Å². The average molecular weight is 251 g/mol.